The first kappa shape index (κ1) is 18.6. The zero-order chi connectivity index (χ0) is 18.1. The van der Waals surface area contributed by atoms with E-state index in [0.29, 0.717) is 31.8 Å². The Balaban J connectivity index is 1.85. The van der Waals surface area contributed by atoms with Gasteiger partial charge in [0.25, 0.3) is 0 Å². The van der Waals surface area contributed by atoms with Crippen LogP contribution < -0.4 is 10.2 Å². The summed E-state index contributed by atoms with van der Waals surface area (Å²) in [7, 11) is 0. The van der Waals surface area contributed by atoms with Crippen LogP contribution in [0.5, 0.6) is 0 Å². The van der Waals surface area contributed by atoms with Crippen LogP contribution >= 0.6 is 0 Å². The van der Waals surface area contributed by atoms with Crippen molar-refractivity contribution in [3.63, 3.8) is 0 Å². The highest BCUT2D eigenvalue weighted by atomic mass is 16.5. The lowest BCUT2D eigenvalue weighted by Crippen LogP contribution is -2.37. The predicted molar refractivity (Wildman–Crippen MR) is 94.2 cm³/mol. The summed E-state index contributed by atoms with van der Waals surface area (Å²) in [6.45, 7) is 5.11. The lowest BCUT2D eigenvalue weighted by atomic mass is 10.1. The molecule has 0 bridgehead atoms. The van der Waals surface area contributed by atoms with Gasteiger partial charge in [0, 0.05) is 39.1 Å². The molecule has 7 heteroatoms. The number of benzene rings is 1. The zero-order valence-electron chi connectivity index (χ0n) is 14.5. The second-order valence-corrected chi connectivity index (χ2v) is 5.75. The molecule has 25 heavy (non-hydrogen) atoms. The van der Waals surface area contributed by atoms with E-state index in [1.54, 1.807) is 6.92 Å². The molecule has 134 valence electrons. The molecule has 0 aliphatic carbocycles. The van der Waals surface area contributed by atoms with Crippen molar-refractivity contribution in [2.75, 3.05) is 44.2 Å². The fraction of sp³-hybridized carbons (Fsp3) is 0.500. The Morgan fingerprint density at radius 2 is 2.04 bits per heavy atom. The van der Waals surface area contributed by atoms with Crippen LogP contribution in [0.3, 0.4) is 0 Å². The van der Waals surface area contributed by atoms with Gasteiger partial charge in [0.15, 0.2) is 0 Å². The summed E-state index contributed by atoms with van der Waals surface area (Å²) < 4.78 is 4.77. The molecule has 2 rings (SSSR count). The van der Waals surface area contributed by atoms with E-state index < -0.39 is 6.09 Å². The second kappa shape index (κ2) is 9.52. The number of hydrogen-bond acceptors (Lipinski definition) is 5. The molecule has 1 fully saturated rings. The van der Waals surface area contributed by atoms with Gasteiger partial charge in [0.1, 0.15) is 6.07 Å². The van der Waals surface area contributed by atoms with Gasteiger partial charge in [-0.3, -0.25) is 4.79 Å². The van der Waals surface area contributed by atoms with Crippen molar-refractivity contribution in [2.24, 2.45) is 0 Å². The monoisotopic (exact) mass is 344 g/mol. The van der Waals surface area contributed by atoms with Gasteiger partial charge in [-0.15, -0.1) is 0 Å². The van der Waals surface area contributed by atoms with Gasteiger partial charge < -0.3 is 19.9 Å². The maximum Gasteiger partial charge on any atom is 0.407 e. The van der Waals surface area contributed by atoms with E-state index in [-0.39, 0.29) is 18.9 Å². The fourth-order valence-electron chi connectivity index (χ4n) is 2.86. The van der Waals surface area contributed by atoms with Crippen LogP contribution in [0.1, 0.15) is 25.3 Å². The van der Waals surface area contributed by atoms with Crippen molar-refractivity contribution in [3.05, 3.63) is 29.8 Å². The smallest absolute Gasteiger partial charge is 0.407 e. The van der Waals surface area contributed by atoms with Gasteiger partial charge >= 0.3 is 6.09 Å². The first-order chi connectivity index (χ1) is 12.2. The average Bonchev–Trinajstić information content (AvgIpc) is 2.88. The van der Waals surface area contributed by atoms with E-state index in [0.717, 1.165) is 18.7 Å². The normalized spacial score (nSPS) is 14.4. The van der Waals surface area contributed by atoms with E-state index in [1.807, 2.05) is 29.2 Å². The number of ether oxygens (including phenoxy) is 1. The molecule has 0 aromatic heterocycles. The Morgan fingerprint density at radius 3 is 2.80 bits per heavy atom. The Kier molecular flexibility index (Phi) is 7.08. The standard InChI is InChI=1S/C18H24N4O3/c1-2-25-18(24)20-9-8-17(23)22-11-5-10-21(12-13-22)16-7-4-3-6-15(16)14-19/h3-4,6-7H,2,5,8-13H2,1H3,(H,20,24). The third-order valence-corrected chi connectivity index (χ3v) is 4.10. The third kappa shape index (κ3) is 5.38. The maximum atomic E-state index is 12.3. The predicted octanol–water partition coefficient (Wildman–Crippen LogP) is 1.73. The Bertz CT molecular complexity index is 641. The number of carbonyl (C=O) groups excluding carboxylic acids is 2. The van der Waals surface area contributed by atoms with E-state index in [4.69, 9.17) is 4.74 Å². The summed E-state index contributed by atoms with van der Waals surface area (Å²) in [5, 5.41) is 11.8. The minimum atomic E-state index is -0.495. The second-order valence-electron chi connectivity index (χ2n) is 5.75. The van der Waals surface area contributed by atoms with Crippen molar-refractivity contribution >= 4 is 17.7 Å². The molecule has 7 nitrogen and oxygen atoms in total. The van der Waals surface area contributed by atoms with E-state index in [9.17, 15) is 14.9 Å². The Morgan fingerprint density at radius 1 is 1.24 bits per heavy atom. The van der Waals surface area contributed by atoms with Gasteiger partial charge in [-0.1, -0.05) is 12.1 Å². The Hall–Kier alpha value is -2.75. The number of nitrogens with one attached hydrogen (secondary N) is 1. The lowest BCUT2D eigenvalue weighted by molar-refractivity contribution is -0.130. The minimum Gasteiger partial charge on any atom is -0.450 e. The van der Waals surface area contributed by atoms with E-state index in [2.05, 4.69) is 16.3 Å². The molecular weight excluding hydrogens is 320 g/mol. The fourth-order valence-corrected chi connectivity index (χ4v) is 2.86. The van der Waals surface area contributed by atoms with Crippen LogP contribution in [-0.2, 0) is 9.53 Å². The number of anilines is 1. The molecule has 1 aromatic rings. The van der Waals surface area contributed by atoms with Crippen molar-refractivity contribution in [1.82, 2.24) is 10.2 Å². The van der Waals surface area contributed by atoms with Crippen molar-refractivity contribution < 1.29 is 14.3 Å². The first-order valence-electron chi connectivity index (χ1n) is 8.58. The quantitative estimate of drug-likeness (QED) is 0.879. The van der Waals surface area contributed by atoms with Crippen LogP contribution in [0.4, 0.5) is 10.5 Å². The molecule has 1 N–H and O–H groups in total. The third-order valence-electron chi connectivity index (χ3n) is 4.10. The average molecular weight is 344 g/mol. The van der Waals surface area contributed by atoms with Crippen LogP contribution in [-0.4, -0.2) is 56.2 Å². The summed E-state index contributed by atoms with van der Waals surface area (Å²) in [6, 6.07) is 9.75. The molecule has 1 heterocycles. The SMILES string of the molecule is CCOC(=O)NCCC(=O)N1CCCN(c2ccccc2C#N)CC1. The van der Waals surface area contributed by atoms with Crippen LogP contribution in [0.15, 0.2) is 24.3 Å². The zero-order valence-corrected chi connectivity index (χ0v) is 14.5. The molecule has 0 saturated carbocycles. The molecule has 2 amide bonds. The molecule has 1 aromatic carbocycles. The number of hydrogen-bond donors (Lipinski definition) is 1. The molecule has 0 unspecified atom stereocenters. The van der Waals surface area contributed by atoms with Crippen LogP contribution in [0, 0.1) is 11.3 Å². The van der Waals surface area contributed by atoms with Gasteiger partial charge in [0.2, 0.25) is 5.91 Å². The molecule has 0 atom stereocenters. The summed E-state index contributed by atoms with van der Waals surface area (Å²) >= 11 is 0. The topological polar surface area (TPSA) is 85.7 Å². The number of amides is 2. The molecule has 0 spiro atoms. The number of nitrogens with zero attached hydrogens (tertiary/aromatic N) is 3. The summed E-state index contributed by atoms with van der Waals surface area (Å²) in [6.07, 6.45) is 0.607. The number of alkyl carbamates (subject to hydrolysis) is 1. The molecule has 1 aliphatic heterocycles. The van der Waals surface area contributed by atoms with Crippen molar-refractivity contribution in [2.45, 2.75) is 19.8 Å². The van der Waals surface area contributed by atoms with Crippen molar-refractivity contribution in [3.8, 4) is 6.07 Å². The lowest BCUT2D eigenvalue weighted by Gasteiger charge is -2.24. The van der Waals surface area contributed by atoms with Gasteiger partial charge in [-0.05, 0) is 25.5 Å². The highest BCUT2D eigenvalue weighted by Gasteiger charge is 2.20. The molecule has 1 saturated heterocycles. The van der Waals surface area contributed by atoms with Crippen LogP contribution in [0.2, 0.25) is 0 Å². The number of carbonyl (C=O) groups is 2. The highest BCUT2D eigenvalue weighted by Crippen LogP contribution is 2.21. The number of nitriles is 1. The maximum absolute atomic E-state index is 12.3. The highest BCUT2D eigenvalue weighted by molar-refractivity contribution is 5.77. The van der Waals surface area contributed by atoms with Gasteiger partial charge in [0.05, 0.1) is 17.9 Å². The van der Waals surface area contributed by atoms with Crippen molar-refractivity contribution in [1.29, 1.82) is 5.26 Å². The van der Waals surface area contributed by atoms with Gasteiger partial charge in [-0.25, -0.2) is 4.79 Å². The minimum absolute atomic E-state index is 0.0206. The largest absolute Gasteiger partial charge is 0.450 e. The first-order valence-corrected chi connectivity index (χ1v) is 8.58. The number of rotatable bonds is 5. The van der Waals surface area contributed by atoms with Gasteiger partial charge in [-0.2, -0.15) is 5.26 Å². The van der Waals surface area contributed by atoms with E-state index in [1.165, 1.54) is 0 Å². The molecule has 0 radical (unpaired) electrons. The van der Waals surface area contributed by atoms with Crippen LogP contribution in [0.25, 0.3) is 0 Å². The Labute approximate surface area is 148 Å². The van der Waals surface area contributed by atoms with E-state index >= 15 is 0 Å². The summed E-state index contributed by atoms with van der Waals surface area (Å²) in [5.74, 6) is 0.0206. The summed E-state index contributed by atoms with van der Waals surface area (Å²) in [4.78, 5) is 27.5. The summed E-state index contributed by atoms with van der Waals surface area (Å²) in [5.41, 5.74) is 1.57. The molecular formula is C18H24N4O3. The number of para-hydroxylation sites is 1. The molecule has 1 aliphatic rings.